The van der Waals surface area contributed by atoms with Crippen LogP contribution in [0.3, 0.4) is 0 Å². The molecule has 0 aromatic heterocycles. The summed E-state index contributed by atoms with van der Waals surface area (Å²) in [5.41, 5.74) is 4.28. The molecule has 1 saturated heterocycles. The molecule has 0 radical (unpaired) electrons. The number of amides is 1. The minimum Gasteiger partial charge on any atom is -0.507 e. The normalized spacial score (nSPS) is 19.9. The van der Waals surface area contributed by atoms with Gasteiger partial charge in [0.1, 0.15) is 38.5 Å². The summed E-state index contributed by atoms with van der Waals surface area (Å²) in [6.07, 6.45) is 1.45. The van der Waals surface area contributed by atoms with E-state index < -0.39 is 0 Å². The van der Waals surface area contributed by atoms with Crippen LogP contribution in [0.4, 0.5) is 0 Å². The van der Waals surface area contributed by atoms with Crippen LogP contribution >= 0.6 is 11.6 Å². The number of piperazine rings is 1. The molecule has 1 aliphatic heterocycles. The first kappa shape index (κ1) is 19.4. The predicted octanol–water partition coefficient (Wildman–Crippen LogP) is -0.521. The number of halogens is 1. The number of benzene rings is 2. The third kappa shape index (κ3) is 5.79. The lowest BCUT2D eigenvalue weighted by Gasteiger charge is -2.29. The van der Waals surface area contributed by atoms with E-state index in [1.807, 2.05) is 18.2 Å². The molecule has 7 heteroatoms. The molecule has 6 nitrogen and oxygen atoms in total. The van der Waals surface area contributed by atoms with Crippen molar-refractivity contribution in [3.05, 3.63) is 64.7 Å². The van der Waals surface area contributed by atoms with Gasteiger partial charge in [0, 0.05) is 16.1 Å². The van der Waals surface area contributed by atoms with Crippen molar-refractivity contribution in [2.75, 3.05) is 32.7 Å². The first-order chi connectivity index (χ1) is 13.1. The van der Waals surface area contributed by atoms with E-state index in [9.17, 15) is 9.90 Å². The number of phenolic OH excluding ortho intramolecular Hbond substituents is 1. The van der Waals surface area contributed by atoms with E-state index in [4.69, 9.17) is 11.6 Å². The fraction of sp³-hybridized carbons (Fsp3) is 0.300. The van der Waals surface area contributed by atoms with Crippen LogP contribution in [0, 0.1) is 0 Å². The summed E-state index contributed by atoms with van der Waals surface area (Å²) in [5.74, 6) is 0.0185. The molecule has 1 amide bonds. The summed E-state index contributed by atoms with van der Waals surface area (Å²) >= 11 is 6.24. The summed E-state index contributed by atoms with van der Waals surface area (Å²) in [4.78, 5) is 14.8. The van der Waals surface area contributed by atoms with E-state index in [1.54, 1.807) is 24.3 Å². The van der Waals surface area contributed by atoms with Gasteiger partial charge in [0.15, 0.2) is 6.54 Å². The Morgan fingerprint density at radius 2 is 1.74 bits per heavy atom. The highest BCUT2D eigenvalue weighted by Gasteiger charge is 2.25. The van der Waals surface area contributed by atoms with Gasteiger partial charge in [-0.3, -0.25) is 4.79 Å². The zero-order valence-electron chi connectivity index (χ0n) is 15.1. The maximum absolute atomic E-state index is 12.1. The molecular weight excluding hydrogens is 364 g/mol. The number of nitrogens with zero attached hydrogens (tertiary/aromatic N) is 1. The molecule has 0 aliphatic carbocycles. The fourth-order valence-corrected chi connectivity index (χ4v) is 3.46. The summed E-state index contributed by atoms with van der Waals surface area (Å²) < 4.78 is 0. The highest BCUT2D eigenvalue weighted by Crippen LogP contribution is 2.13. The molecular formula is C20H25ClN4O2+2. The van der Waals surface area contributed by atoms with Crippen molar-refractivity contribution in [1.82, 2.24) is 5.43 Å². The first-order valence-electron chi connectivity index (χ1n) is 9.12. The van der Waals surface area contributed by atoms with Gasteiger partial charge in [-0.15, -0.1) is 0 Å². The zero-order valence-corrected chi connectivity index (χ0v) is 15.9. The molecule has 0 atom stereocenters. The van der Waals surface area contributed by atoms with E-state index >= 15 is 0 Å². The van der Waals surface area contributed by atoms with Gasteiger partial charge in [-0.2, -0.15) is 5.10 Å². The fourth-order valence-electron chi connectivity index (χ4n) is 3.26. The number of quaternary nitrogens is 2. The second-order valence-corrected chi connectivity index (χ2v) is 7.20. The number of carbonyl (C=O) groups excluding carboxylic acids is 1. The first-order valence-corrected chi connectivity index (χ1v) is 9.50. The molecule has 1 fully saturated rings. The highest BCUT2D eigenvalue weighted by atomic mass is 35.5. The number of hydrogen-bond acceptors (Lipinski definition) is 3. The number of para-hydroxylation sites is 1. The number of nitrogens with one attached hydrogen (secondary N) is 3. The average Bonchev–Trinajstić information content (AvgIpc) is 2.67. The number of carbonyl (C=O) groups is 1. The second kappa shape index (κ2) is 9.50. The van der Waals surface area contributed by atoms with Crippen molar-refractivity contribution in [3.8, 4) is 5.75 Å². The summed E-state index contributed by atoms with van der Waals surface area (Å²) in [5, 5.41) is 14.4. The molecule has 0 unspecified atom stereocenters. The predicted molar refractivity (Wildman–Crippen MR) is 105 cm³/mol. The van der Waals surface area contributed by atoms with Gasteiger partial charge in [0.2, 0.25) is 0 Å². The van der Waals surface area contributed by atoms with E-state index in [0.717, 1.165) is 37.7 Å². The molecule has 0 spiro atoms. The van der Waals surface area contributed by atoms with Crippen LogP contribution in [0.1, 0.15) is 11.1 Å². The lowest BCUT2D eigenvalue weighted by atomic mass is 10.2. The zero-order chi connectivity index (χ0) is 19.1. The van der Waals surface area contributed by atoms with Gasteiger partial charge in [0.05, 0.1) is 6.21 Å². The van der Waals surface area contributed by atoms with Crippen LogP contribution in [-0.2, 0) is 11.3 Å². The van der Waals surface area contributed by atoms with Gasteiger partial charge in [-0.25, -0.2) is 5.43 Å². The second-order valence-electron chi connectivity index (χ2n) is 6.80. The van der Waals surface area contributed by atoms with Crippen LogP contribution in [0.2, 0.25) is 5.02 Å². The van der Waals surface area contributed by atoms with Gasteiger partial charge >= 0.3 is 0 Å². The minimum atomic E-state index is -0.119. The molecule has 2 aromatic carbocycles. The van der Waals surface area contributed by atoms with Crippen LogP contribution in [0.5, 0.6) is 5.75 Å². The molecule has 3 rings (SSSR count). The quantitative estimate of drug-likeness (QED) is 0.397. The Hall–Kier alpha value is -2.41. The minimum absolute atomic E-state index is 0.119. The Kier molecular flexibility index (Phi) is 6.81. The molecule has 0 bridgehead atoms. The number of phenols is 1. The topological polar surface area (TPSA) is 70.6 Å². The SMILES string of the molecule is O=C(C[NH+]1CC[NH+](Cc2ccccc2Cl)CC1)N/N=C/c1ccccc1O. The van der Waals surface area contributed by atoms with Crippen LogP contribution in [-0.4, -0.2) is 50.0 Å². The van der Waals surface area contributed by atoms with Crippen molar-refractivity contribution in [2.45, 2.75) is 6.54 Å². The summed E-state index contributed by atoms with van der Waals surface area (Å²) in [6.45, 7) is 5.22. The third-order valence-electron chi connectivity index (χ3n) is 4.80. The number of hydrazone groups is 1. The standard InChI is InChI=1S/C20H23ClN4O2/c21-18-7-3-1-6-17(18)14-24-9-11-25(12-10-24)15-20(27)23-22-13-16-5-2-4-8-19(16)26/h1-8,13,26H,9-12,14-15H2,(H,23,27)/p+2/b22-13+. The lowest BCUT2D eigenvalue weighted by Crippen LogP contribution is -3.28. The van der Waals surface area contributed by atoms with Crippen molar-refractivity contribution in [2.24, 2.45) is 5.10 Å². The molecule has 1 aliphatic rings. The van der Waals surface area contributed by atoms with Gasteiger partial charge < -0.3 is 14.9 Å². The van der Waals surface area contributed by atoms with Gasteiger partial charge in [-0.1, -0.05) is 41.9 Å². The van der Waals surface area contributed by atoms with E-state index in [1.165, 1.54) is 21.6 Å². The van der Waals surface area contributed by atoms with E-state index in [0.29, 0.717) is 12.1 Å². The maximum atomic E-state index is 12.1. The Morgan fingerprint density at radius 3 is 2.48 bits per heavy atom. The van der Waals surface area contributed by atoms with E-state index in [2.05, 4.69) is 16.6 Å². The Bertz CT molecular complexity index is 804. The van der Waals surface area contributed by atoms with Crippen molar-refractivity contribution in [1.29, 1.82) is 0 Å². The summed E-state index contributed by atoms with van der Waals surface area (Å²) in [6, 6.07) is 14.8. The molecule has 1 heterocycles. The Morgan fingerprint density at radius 1 is 1.07 bits per heavy atom. The van der Waals surface area contributed by atoms with Crippen LogP contribution < -0.4 is 15.2 Å². The largest absolute Gasteiger partial charge is 0.507 e. The third-order valence-corrected chi connectivity index (χ3v) is 5.17. The number of hydrogen-bond donors (Lipinski definition) is 4. The van der Waals surface area contributed by atoms with Crippen LogP contribution in [0.25, 0.3) is 0 Å². The molecule has 4 N–H and O–H groups in total. The van der Waals surface area contributed by atoms with Crippen LogP contribution in [0.15, 0.2) is 53.6 Å². The average molecular weight is 389 g/mol. The number of aromatic hydroxyl groups is 1. The summed E-state index contributed by atoms with van der Waals surface area (Å²) in [7, 11) is 0. The smallest absolute Gasteiger partial charge is 0.295 e. The molecule has 27 heavy (non-hydrogen) atoms. The van der Waals surface area contributed by atoms with Gasteiger partial charge in [-0.05, 0) is 18.2 Å². The van der Waals surface area contributed by atoms with Crippen molar-refractivity contribution >= 4 is 23.7 Å². The molecule has 0 saturated carbocycles. The highest BCUT2D eigenvalue weighted by molar-refractivity contribution is 6.31. The van der Waals surface area contributed by atoms with Crippen molar-refractivity contribution in [3.63, 3.8) is 0 Å². The van der Waals surface area contributed by atoms with Crippen molar-refractivity contribution < 1.29 is 19.7 Å². The Labute approximate surface area is 164 Å². The molecule has 142 valence electrons. The number of rotatable bonds is 6. The lowest BCUT2D eigenvalue weighted by molar-refractivity contribution is -1.02. The van der Waals surface area contributed by atoms with Gasteiger partial charge in [0.25, 0.3) is 5.91 Å². The Balaban J connectivity index is 1.40. The monoisotopic (exact) mass is 388 g/mol. The van der Waals surface area contributed by atoms with E-state index in [-0.39, 0.29) is 11.7 Å². The maximum Gasteiger partial charge on any atom is 0.295 e. The molecule has 2 aromatic rings.